The van der Waals surface area contributed by atoms with Crippen LogP contribution in [0, 0.1) is 5.92 Å². The molecule has 0 aliphatic carbocycles. The molecule has 0 unspecified atom stereocenters. The highest BCUT2D eigenvalue weighted by molar-refractivity contribution is 5.91. The summed E-state index contributed by atoms with van der Waals surface area (Å²) in [6, 6.07) is 6.48. The first-order chi connectivity index (χ1) is 11.8. The Balaban J connectivity index is 2.25. The van der Waals surface area contributed by atoms with Gasteiger partial charge in [0.15, 0.2) is 0 Å². The molecular formula is C18H24N4O3. The molecule has 1 atom stereocenters. The van der Waals surface area contributed by atoms with Crippen molar-refractivity contribution in [1.29, 1.82) is 0 Å². The first-order valence-electron chi connectivity index (χ1n) is 8.29. The van der Waals surface area contributed by atoms with Crippen LogP contribution in [-0.4, -0.2) is 34.7 Å². The molecule has 2 N–H and O–H groups in total. The van der Waals surface area contributed by atoms with Crippen LogP contribution in [0.3, 0.4) is 0 Å². The standard InChI is InChI=1S/C18H24N4O3/c1-11(2)9-15(17(24)19-3)20-16(23)10-14-12-7-5-6-8-13(12)18(25)22(4)21-14/h5-8,11,15H,9-10H2,1-4H3,(H,19,24)(H,20,23)/t15-/m1/s1. The van der Waals surface area contributed by atoms with Crippen molar-refractivity contribution in [3.05, 3.63) is 40.3 Å². The van der Waals surface area contributed by atoms with Crippen LogP contribution in [0.1, 0.15) is 26.0 Å². The Hall–Kier alpha value is -2.70. The summed E-state index contributed by atoms with van der Waals surface area (Å²) in [7, 11) is 3.10. The van der Waals surface area contributed by atoms with Gasteiger partial charge in [-0.2, -0.15) is 5.10 Å². The Kier molecular flexibility index (Phi) is 5.90. The molecule has 2 amide bonds. The van der Waals surface area contributed by atoms with Crippen LogP contribution in [0.2, 0.25) is 0 Å². The van der Waals surface area contributed by atoms with Gasteiger partial charge >= 0.3 is 0 Å². The summed E-state index contributed by atoms with van der Waals surface area (Å²) in [5.74, 6) is -0.259. The van der Waals surface area contributed by atoms with Crippen LogP contribution in [-0.2, 0) is 23.1 Å². The van der Waals surface area contributed by atoms with Gasteiger partial charge in [0.25, 0.3) is 5.56 Å². The Labute approximate surface area is 146 Å². The van der Waals surface area contributed by atoms with E-state index in [4.69, 9.17) is 0 Å². The number of hydrogen-bond donors (Lipinski definition) is 2. The Morgan fingerprint density at radius 2 is 1.84 bits per heavy atom. The van der Waals surface area contributed by atoms with E-state index >= 15 is 0 Å². The zero-order chi connectivity index (χ0) is 18.6. The van der Waals surface area contributed by atoms with Crippen molar-refractivity contribution in [2.45, 2.75) is 32.7 Å². The lowest BCUT2D eigenvalue weighted by Crippen LogP contribution is -2.47. The molecule has 0 aliphatic heterocycles. The van der Waals surface area contributed by atoms with E-state index in [0.29, 0.717) is 22.9 Å². The average Bonchev–Trinajstić information content (AvgIpc) is 2.57. The van der Waals surface area contributed by atoms with Gasteiger partial charge in [-0.3, -0.25) is 14.4 Å². The number of nitrogens with zero attached hydrogens (tertiary/aromatic N) is 2. The van der Waals surface area contributed by atoms with E-state index in [1.807, 2.05) is 13.8 Å². The van der Waals surface area contributed by atoms with Gasteiger partial charge in [0.1, 0.15) is 6.04 Å². The fourth-order valence-corrected chi connectivity index (χ4v) is 2.78. The number of carbonyl (C=O) groups excluding carboxylic acids is 2. The summed E-state index contributed by atoms with van der Waals surface area (Å²) in [5, 5.41) is 10.7. The van der Waals surface area contributed by atoms with Crippen LogP contribution in [0.4, 0.5) is 0 Å². The third-order valence-corrected chi connectivity index (χ3v) is 3.97. The first kappa shape index (κ1) is 18.6. The van der Waals surface area contributed by atoms with Crippen LogP contribution in [0.15, 0.2) is 29.1 Å². The highest BCUT2D eigenvalue weighted by Gasteiger charge is 2.22. The molecule has 0 spiro atoms. The van der Waals surface area contributed by atoms with Crippen molar-refractivity contribution in [3.63, 3.8) is 0 Å². The second-order valence-electron chi connectivity index (χ2n) is 6.46. The number of aromatic nitrogens is 2. The maximum Gasteiger partial charge on any atom is 0.274 e. The summed E-state index contributed by atoms with van der Waals surface area (Å²) < 4.78 is 1.23. The first-order valence-corrected chi connectivity index (χ1v) is 8.29. The van der Waals surface area contributed by atoms with Crippen molar-refractivity contribution >= 4 is 22.6 Å². The quantitative estimate of drug-likeness (QED) is 0.809. The molecule has 1 heterocycles. The maximum atomic E-state index is 12.4. The lowest BCUT2D eigenvalue weighted by atomic mass is 10.0. The van der Waals surface area contributed by atoms with Gasteiger partial charge < -0.3 is 10.6 Å². The molecular weight excluding hydrogens is 320 g/mol. The van der Waals surface area contributed by atoms with E-state index in [-0.39, 0.29) is 29.7 Å². The van der Waals surface area contributed by atoms with Crippen LogP contribution in [0.5, 0.6) is 0 Å². The van der Waals surface area contributed by atoms with Gasteiger partial charge in [-0.1, -0.05) is 32.0 Å². The second-order valence-corrected chi connectivity index (χ2v) is 6.46. The summed E-state index contributed by atoms with van der Waals surface area (Å²) in [4.78, 5) is 36.5. The van der Waals surface area contributed by atoms with Gasteiger partial charge in [-0.25, -0.2) is 4.68 Å². The smallest absolute Gasteiger partial charge is 0.274 e. The predicted octanol–water partition coefficient (Wildman–Crippen LogP) is 0.753. The molecule has 0 fully saturated rings. The number of amides is 2. The topological polar surface area (TPSA) is 93.1 Å². The number of likely N-dealkylation sites (N-methyl/N-ethyl adjacent to an activating group) is 1. The Bertz CT molecular complexity index is 842. The minimum Gasteiger partial charge on any atom is -0.357 e. The molecule has 1 aromatic carbocycles. The number of nitrogens with one attached hydrogen (secondary N) is 2. The van der Waals surface area contributed by atoms with E-state index in [9.17, 15) is 14.4 Å². The van der Waals surface area contributed by atoms with Gasteiger partial charge in [0.05, 0.1) is 17.5 Å². The Morgan fingerprint density at radius 1 is 1.20 bits per heavy atom. The summed E-state index contributed by atoms with van der Waals surface area (Å²) in [6.45, 7) is 3.98. The van der Waals surface area contributed by atoms with Crippen molar-refractivity contribution in [3.8, 4) is 0 Å². The zero-order valence-corrected chi connectivity index (χ0v) is 15.0. The van der Waals surface area contributed by atoms with Gasteiger partial charge in [0, 0.05) is 19.5 Å². The lowest BCUT2D eigenvalue weighted by Gasteiger charge is -2.19. The summed E-state index contributed by atoms with van der Waals surface area (Å²) >= 11 is 0. The van der Waals surface area contributed by atoms with E-state index < -0.39 is 6.04 Å². The third kappa shape index (κ3) is 4.43. The zero-order valence-electron chi connectivity index (χ0n) is 15.0. The van der Waals surface area contributed by atoms with E-state index in [1.54, 1.807) is 38.4 Å². The lowest BCUT2D eigenvalue weighted by molar-refractivity contribution is -0.128. The van der Waals surface area contributed by atoms with Crippen molar-refractivity contribution in [1.82, 2.24) is 20.4 Å². The SMILES string of the molecule is CNC(=O)[C@@H](CC(C)C)NC(=O)Cc1nn(C)c(=O)c2ccccc12. The van der Waals surface area contributed by atoms with Gasteiger partial charge in [0.2, 0.25) is 11.8 Å². The predicted molar refractivity (Wildman–Crippen MR) is 96.1 cm³/mol. The number of carbonyl (C=O) groups is 2. The molecule has 7 heteroatoms. The highest BCUT2D eigenvalue weighted by Crippen LogP contribution is 2.14. The van der Waals surface area contributed by atoms with Crippen LogP contribution >= 0.6 is 0 Å². The number of rotatable bonds is 6. The number of benzene rings is 1. The Morgan fingerprint density at radius 3 is 2.44 bits per heavy atom. The van der Waals surface area contributed by atoms with Gasteiger partial charge in [-0.15, -0.1) is 0 Å². The number of hydrogen-bond acceptors (Lipinski definition) is 4. The van der Waals surface area contributed by atoms with Crippen LogP contribution in [0.25, 0.3) is 10.8 Å². The largest absolute Gasteiger partial charge is 0.357 e. The molecule has 2 aromatic rings. The number of fused-ring (bicyclic) bond motifs is 1. The molecule has 1 aromatic heterocycles. The fraction of sp³-hybridized carbons (Fsp3) is 0.444. The van der Waals surface area contributed by atoms with E-state index in [1.165, 1.54) is 4.68 Å². The molecule has 0 saturated heterocycles. The van der Waals surface area contributed by atoms with E-state index in [0.717, 1.165) is 0 Å². The molecule has 0 aliphatic rings. The summed E-state index contributed by atoms with van der Waals surface area (Å²) in [5.41, 5.74) is 0.304. The second kappa shape index (κ2) is 7.92. The molecule has 0 radical (unpaired) electrons. The molecule has 25 heavy (non-hydrogen) atoms. The maximum absolute atomic E-state index is 12.4. The molecule has 7 nitrogen and oxygen atoms in total. The van der Waals surface area contributed by atoms with E-state index in [2.05, 4.69) is 15.7 Å². The minimum atomic E-state index is -0.587. The molecule has 0 saturated carbocycles. The fourth-order valence-electron chi connectivity index (χ4n) is 2.78. The summed E-state index contributed by atoms with van der Waals surface area (Å²) in [6.07, 6.45) is 0.549. The van der Waals surface area contributed by atoms with Crippen LogP contribution < -0.4 is 16.2 Å². The normalized spacial score (nSPS) is 12.2. The van der Waals surface area contributed by atoms with Crippen molar-refractivity contribution < 1.29 is 9.59 Å². The van der Waals surface area contributed by atoms with Crippen molar-refractivity contribution in [2.75, 3.05) is 7.05 Å². The van der Waals surface area contributed by atoms with Crippen molar-refractivity contribution in [2.24, 2.45) is 13.0 Å². The third-order valence-electron chi connectivity index (χ3n) is 3.97. The molecule has 2 rings (SSSR count). The minimum absolute atomic E-state index is 0.000221. The highest BCUT2D eigenvalue weighted by atomic mass is 16.2. The monoisotopic (exact) mass is 344 g/mol. The molecule has 0 bridgehead atoms. The van der Waals surface area contributed by atoms with Gasteiger partial charge in [-0.05, 0) is 18.4 Å². The average molecular weight is 344 g/mol. The number of aryl methyl sites for hydroxylation is 1. The molecule has 134 valence electrons.